The SMILES string of the molecule is CCOc1cc(C2SCC(=O)Nc3c2c(C)nn3-c2cccc(C)c2)ccc1OCC(N)=O. The van der Waals surface area contributed by atoms with Crippen molar-refractivity contribution in [3.8, 4) is 17.2 Å². The van der Waals surface area contributed by atoms with Crippen LogP contribution in [0.15, 0.2) is 42.5 Å². The molecule has 4 rings (SSSR count). The summed E-state index contributed by atoms with van der Waals surface area (Å²) < 4.78 is 13.1. The lowest BCUT2D eigenvalue weighted by molar-refractivity contribution is -0.120. The van der Waals surface area contributed by atoms with E-state index in [1.807, 2.05) is 57.2 Å². The molecule has 9 heteroatoms. The van der Waals surface area contributed by atoms with E-state index in [2.05, 4.69) is 5.32 Å². The van der Waals surface area contributed by atoms with Crippen LogP contribution in [-0.4, -0.2) is 40.6 Å². The molecule has 2 heterocycles. The van der Waals surface area contributed by atoms with Crippen LogP contribution in [-0.2, 0) is 9.59 Å². The second-order valence-electron chi connectivity index (χ2n) is 7.73. The molecule has 172 valence electrons. The predicted octanol–water partition coefficient (Wildman–Crippen LogP) is 3.53. The van der Waals surface area contributed by atoms with E-state index in [-0.39, 0.29) is 17.8 Å². The van der Waals surface area contributed by atoms with Crippen LogP contribution in [0.1, 0.15) is 34.6 Å². The third-order valence-electron chi connectivity index (χ3n) is 5.19. The Morgan fingerprint density at radius 2 is 2.03 bits per heavy atom. The summed E-state index contributed by atoms with van der Waals surface area (Å²) in [6, 6.07) is 13.6. The Morgan fingerprint density at radius 1 is 1.21 bits per heavy atom. The smallest absolute Gasteiger partial charge is 0.255 e. The van der Waals surface area contributed by atoms with Crippen molar-refractivity contribution in [2.24, 2.45) is 5.73 Å². The maximum absolute atomic E-state index is 12.6. The lowest BCUT2D eigenvalue weighted by Crippen LogP contribution is -2.20. The first-order valence-corrected chi connectivity index (χ1v) is 11.7. The number of hydrogen-bond acceptors (Lipinski definition) is 6. The number of thioether (sulfide) groups is 1. The number of aryl methyl sites for hydroxylation is 2. The quantitative estimate of drug-likeness (QED) is 0.552. The molecule has 1 atom stereocenters. The first-order valence-electron chi connectivity index (χ1n) is 10.6. The minimum absolute atomic E-state index is 0.0796. The largest absolute Gasteiger partial charge is 0.490 e. The molecule has 0 bridgehead atoms. The number of fused-ring (bicyclic) bond motifs is 1. The zero-order chi connectivity index (χ0) is 23.5. The lowest BCUT2D eigenvalue weighted by atomic mass is 10.0. The van der Waals surface area contributed by atoms with Crippen molar-refractivity contribution in [2.75, 3.05) is 24.3 Å². The van der Waals surface area contributed by atoms with Gasteiger partial charge in [0.15, 0.2) is 18.1 Å². The molecule has 0 saturated carbocycles. The molecule has 0 saturated heterocycles. The monoisotopic (exact) mass is 466 g/mol. The van der Waals surface area contributed by atoms with Gasteiger partial charge in [-0.15, -0.1) is 11.8 Å². The van der Waals surface area contributed by atoms with Crippen LogP contribution >= 0.6 is 11.8 Å². The average Bonchev–Trinajstić information content (AvgIpc) is 2.98. The van der Waals surface area contributed by atoms with Crippen molar-refractivity contribution >= 4 is 29.4 Å². The molecule has 3 N–H and O–H groups in total. The Balaban J connectivity index is 1.79. The molecular weight excluding hydrogens is 440 g/mol. The summed E-state index contributed by atoms with van der Waals surface area (Å²) in [5.74, 6) is 1.30. The molecule has 3 aromatic rings. The molecule has 1 unspecified atom stereocenters. The number of primary amides is 1. The highest BCUT2D eigenvalue weighted by atomic mass is 32.2. The van der Waals surface area contributed by atoms with Crippen molar-refractivity contribution in [1.29, 1.82) is 0 Å². The Morgan fingerprint density at radius 3 is 2.76 bits per heavy atom. The van der Waals surface area contributed by atoms with Crippen LogP contribution in [0.25, 0.3) is 5.69 Å². The molecular formula is C24H26N4O4S. The van der Waals surface area contributed by atoms with Crippen LogP contribution < -0.4 is 20.5 Å². The van der Waals surface area contributed by atoms with Gasteiger partial charge in [-0.1, -0.05) is 18.2 Å². The Labute approximate surface area is 196 Å². The van der Waals surface area contributed by atoms with Gasteiger partial charge in [0, 0.05) is 5.56 Å². The van der Waals surface area contributed by atoms with Crippen molar-refractivity contribution in [3.05, 3.63) is 64.8 Å². The second-order valence-corrected chi connectivity index (χ2v) is 8.83. The maximum atomic E-state index is 12.6. The molecule has 0 fully saturated rings. The summed E-state index contributed by atoms with van der Waals surface area (Å²) in [5, 5.41) is 7.66. The maximum Gasteiger partial charge on any atom is 0.255 e. The van der Waals surface area contributed by atoms with Gasteiger partial charge in [-0.25, -0.2) is 4.68 Å². The Bertz CT molecular complexity index is 1210. The zero-order valence-corrected chi connectivity index (χ0v) is 19.6. The van der Waals surface area contributed by atoms with E-state index in [1.165, 1.54) is 11.8 Å². The predicted molar refractivity (Wildman–Crippen MR) is 128 cm³/mol. The zero-order valence-electron chi connectivity index (χ0n) is 18.8. The number of benzene rings is 2. The van der Waals surface area contributed by atoms with Gasteiger partial charge in [-0.3, -0.25) is 9.59 Å². The third-order valence-corrected chi connectivity index (χ3v) is 6.46. The molecule has 0 radical (unpaired) electrons. The van der Waals surface area contributed by atoms with Crippen molar-refractivity contribution < 1.29 is 19.1 Å². The number of aromatic nitrogens is 2. The number of ether oxygens (including phenoxy) is 2. The standard InChI is InChI=1S/C24H26N4O4S/c1-4-31-19-11-16(8-9-18(19)32-12-20(25)29)23-22-15(3)27-28(17-7-5-6-14(2)10-17)24(22)26-21(30)13-33-23/h5-11,23H,4,12-13H2,1-3H3,(H2,25,29)(H,26,30). The number of anilines is 1. The summed E-state index contributed by atoms with van der Waals surface area (Å²) in [5.41, 5.74) is 9.92. The van der Waals surface area contributed by atoms with Crippen LogP contribution in [0.3, 0.4) is 0 Å². The van der Waals surface area contributed by atoms with Gasteiger partial charge in [0.1, 0.15) is 5.82 Å². The number of carbonyl (C=O) groups excluding carboxylic acids is 2. The van der Waals surface area contributed by atoms with Gasteiger partial charge >= 0.3 is 0 Å². The van der Waals surface area contributed by atoms with E-state index in [0.29, 0.717) is 29.7 Å². The highest BCUT2D eigenvalue weighted by Gasteiger charge is 2.31. The van der Waals surface area contributed by atoms with Crippen LogP contribution in [0.5, 0.6) is 11.5 Å². The minimum atomic E-state index is -0.561. The topological polar surface area (TPSA) is 108 Å². The lowest BCUT2D eigenvalue weighted by Gasteiger charge is -2.18. The third kappa shape index (κ3) is 4.83. The number of rotatable bonds is 7. The van der Waals surface area contributed by atoms with Crippen molar-refractivity contribution in [2.45, 2.75) is 26.0 Å². The fourth-order valence-electron chi connectivity index (χ4n) is 3.82. The molecule has 0 aliphatic carbocycles. The molecule has 33 heavy (non-hydrogen) atoms. The summed E-state index contributed by atoms with van der Waals surface area (Å²) in [4.78, 5) is 23.7. The van der Waals surface area contributed by atoms with Gasteiger partial charge in [-0.05, 0) is 56.2 Å². The second kappa shape index (κ2) is 9.58. The normalized spacial score (nSPS) is 15.4. The summed E-state index contributed by atoms with van der Waals surface area (Å²) in [6.07, 6.45) is 0. The number of carbonyl (C=O) groups is 2. The molecule has 1 aliphatic rings. The van der Waals surface area contributed by atoms with E-state index < -0.39 is 5.91 Å². The highest BCUT2D eigenvalue weighted by molar-refractivity contribution is 8.00. The number of amides is 2. The molecule has 1 aromatic heterocycles. The number of nitrogens with zero attached hydrogens (tertiary/aromatic N) is 2. The number of hydrogen-bond donors (Lipinski definition) is 2. The molecule has 0 spiro atoms. The molecule has 8 nitrogen and oxygen atoms in total. The van der Waals surface area contributed by atoms with Crippen LogP contribution in [0.2, 0.25) is 0 Å². The Kier molecular flexibility index (Phi) is 6.60. The summed E-state index contributed by atoms with van der Waals surface area (Å²) in [6.45, 7) is 6.05. The summed E-state index contributed by atoms with van der Waals surface area (Å²) in [7, 11) is 0. The van der Waals surface area contributed by atoms with E-state index in [1.54, 1.807) is 10.7 Å². The number of nitrogens with one attached hydrogen (secondary N) is 1. The fourth-order valence-corrected chi connectivity index (χ4v) is 5.00. The van der Waals surface area contributed by atoms with E-state index in [9.17, 15) is 9.59 Å². The van der Waals surface area contributed by atoms with Gasteiger partial charge < -0.3 is 20.5 Å². The van der Waals surface area contributed by atoms with Gasteiger partial charge in [0.2, 0.25) is 5.91 Å². The van der Waals surface area contributed by atoms with E-state index in [4.69, 9.17) is 20.3 Å². The van der Waals surface area contributed by atoms with E-state index >= 15 is 0 Å². The summed E-state index contributed by atoms with van der Waals surface area (Å²) >= 11 is 1.53. The first kappa shape index (κ1) is 22.7. The molecule has 2 aromatic carbocycles. The van der Waals surface area contributed by atoms with Gasteiger partial charge in [0.05, 0.1) is 29.0 Å². The van der Waals surface area contributed by atoms with Crippen LogP contribution in [0, 0.1) is 13.8 Å². The first-order chi connectivity index (χ1) is 15.9. The average molecular weight is 467 g/mol. The van der Waals surface area contributed by atoms with Crippen LogP contribution in [0.4, 0.5) is 5.82 Å². The highest BCUT2D eigenvalue weighted by Crippen LogP contribution is 2.45. The number of nitrogens with two attached hydrogens (primary N) is 1. The molecule has 1 aliphatic heterocycles. The minimum Gasteiger partial charge on any atom is -0.490 e. The van der Waals surface area contributed by atoms with Crippen molar-refractivity contribution in [1.82, 2.24) is 9.78 Å². The Hall–Kier alpha value is -3.46. The van der Waals surface area contributed by atoms with Gasteiger partial charge in [-0.2, -0.15) is 5.10 Å². The van der Waals surface area contributed by atoms with Crippen molar-refractivity contribution in [3.63, 3.8) is 0 Å². The fraction of sp³-hybridized carbons (Fsp3) is 0.292. The molecule has 2 amide bonds. The van der Waals surface area contributed by atoms with Gasteiger partial charge in [0.25, 0.3) is 5.91 Å². The van der Waals surface area contributed by atoms with E-state index in [0.717, 1.165) is 28.1 Å².